The van der Waals surface area contributed by atoms with E-state index in [1.165, 1.54) is 6.08 Å². The number of aromatic nitrogens is 3. The van der Waals surface area contributed by atoms with Crippen LogP contribution in [0, 0.1) is 5.92 Å². The Hall–Kier alpha value is -2.48. The smallest absolute Gasteiger partial charge is 0.244 e. The first-order valence-corrected chi connectivity index (χ1v) is 10.8. The van der Waals surface area contributed by atoms with Gasteiger partial charge in [0.25, 0.3) is 0 Å². The number of amides is 1. The summed E-state index contributed by atoms with van der Waals surface area (Å²) in [7, 11) is 3.20. The molecular weight excluding hydrogens is 388 g/mol. The quantitative estimate of drug-likeness (QED) is 0.342. The van der Waals surface area contributed by atoms with Crippen LogP contribution in [0.15, 0.2) is 29.4 Å². The highest BCUT2D eigenvalue weighted by Gasteiger charge is 2.12. The van der Waals surface area contributed by atoms with Crippen LogP contribution in [0.3, 0.4) is 0 Å². The Morgan fingerprint density at radius 3 is 2.72 bits per heavy atom. The van der Waals surface area contributed by atoms with Crippen molar-refractivity contribution in [1.29, 1.82) is 0 Å². The Bertz CT molecular complexity index is 833. The van der Waals surface area contributed by atoms with Crippen LogP contribution in [0.2, 0.25) is 0 Å². The minimum atomic E-state index is -0.150. The third-order valence-electron chi connectivity index (χ3n) is 4.25. The third-order valence-corrected chi connectivity index (χ3v) is 4.92. The number of carbonyl (C=O) groups excluding carboxylic acids is 1. The van der Waals surface area contributed by atoms with E-state index in [4.69, 9.17) is 9.47 Å². The first kappa shape index (κ1) is 22.8. The molecule has 29 heavy (non-hydrogen) atoms. The van der Waals surface area contributed by atoms with E-state index in [0.717, 1.165) is 35.9 Å². The molecule has 158 valence electrons. The van der Waals surface area contributed by atoms with Crippen molar-refractivity contribution in [2.75, 3.05) is 27.0 Å². The first-order chi connectivity index (χ1) is 14.0. The topological polar surface area (TPSA) is 78.3 Å². The summed E-state index contributed by atoms with van der Waals surface area (Å²) >= 11 is 1.60. The van der Waals surface area contributed by atoms with Crippen LogP contribution in [0.25, 0.3) is 6.08 Å². The molecule has 0 atom stereocenters. The van der Waals surface area contributed by atoms with Gasteiger partial charge in [-0.3, -0.25) is 4.79 Å². The molecule has 0 saturated heterocycles. The number of aryl methyl sites for hydroxylation is 1. The lowest BCUT2D eigenvalue weighted by Gasteiger charge is -2.11. The van der Waals surface area contributed by atoms with E-state index in [2.05, 4.69) is 33.9 Å². The molecular formula is C21H30N4O3S. The van der Waals surface area contributed by atoms with Gasteiger partial charge < -0.3 is 19.4 Å². The molecule has 2 rings (SSSR count). The van der Waals surface area contributed by atoms with Gasteiger partial charge in [-0.15, -0.1) is 10.2 Å². The second kappa shape index (κ2) is 11.5. The monoisotopic (exact) mass is 418 g/mol. The van der Waals surface area contributed by atoms with Crippen molar-refractivity contribution in [1.82, 2.24) is 20.1 Å². The highest BCUT2D eigenvalue weighted by atomic mass is 32.2. The number of nitrogens with zero attached hydrogens (tertiary/aromatic N) is 3. The van der Waals surface area contributed by atoms with Crippen LogP contribution in [0.5, 0.6) is 11.5 Å². The zero-order valence-corrected chi connectivity index (χ0v) is 18.6. The number of hydrogen-bond acceptors (Lipinski definition) is 6. The number of nitrogens with one attached hydrogen (secondary N) is 1. The van der Waals surface area contributed by atoms with Crippen molar-refractivity contribution in [2.45, 2.75) is 38.4 Å². The van der Waals surface area contributed by atoms with Crippen molar-refractivity contribution in [3.05, 3.63) is 35.7 Å². The van der Waals surface area contributed by atoms with Gasteiger partial charge in [-0.05, 0) is 42.9 Å². The van der Waals surface area contributed by atoms with Gasteiger partial charge >= 0.3 is 0 Å². The summed E-state index contributed by atoms with van der Waals surface area (Å²) in [4.78, 5) is 12.1. The fraction of sp³-hybridized carbons (Fsp3) is 0.476. The van der Waals surface area contributed by atoms with E-state index >= 15 is 0 Å². The maximum atomic E-state index is 12.1. The molecule has 1 heterocycles. The molecule has 8 heteroatoms. The average molecular weight is 419 g/mol. The lowest BCUT2D eigenvalue weighted by atomic mass is 10.1. The zero-order chi connectivity index (χ0) is 21.2. The molecule has 0 bridgehead atoms. The number of hydrogen-bond donors (Lipinski definition) is 1. The molecule has 0 saturated carbocycles. The predicted octanol–water partition coefficient (Wildman–Crippen LogP) is 3.44. The molecule has 0 aliphatic rings. The second-order valence-electron chi connectivity index (χ2n) is 6.94. The van der Waals surface area contributed by atoms with Crippen LogP contribution < -0.4 is 14.8 Å². The third kappa shape index (κ3) is 6.81. The molecule has 0 spiro atoms. The summed E-state index contributed by atoms with van der Waals surface area (Å²) in [5, 5.41) is 12.4. The molecule has 0 fully saturated rings. The Morgan fingerprint density at radius 1 is 1.28 bits per heavy atom. The van der Waals surface area contributed by atoms with Gasteiger partial charge in [-0.1, -0.05) is 25.6 Å². The summed E-state index contributed by atoms with van der Waals surface area (Å²) in [6.45, 7) is 5.83. The SMILES string of the molecule is COc1ccc(OC)c(C=CC(=O)NCCCc2nnc(SC)n2CC(C)C)c1. The van der Waals surface area contributed by atoms with E-state index in [9.17, 15) is 4.79 Å². The number of ether oxygens (including phenoxy) is 2. The molecule has 7 nitrogen and oxygen atoms in total. The fourth-order valence-corrected chi connectivity index (χ4v) is 3.38. The fourth-order valence-electron chi connectivity index (χ4n) is 2.86. The van der Waals surface area contributed by atoms with Crippen molar-refractivity contribution in [3.63, 3.8) is 0 Å². The van der Waals surface area contributed by atoms with Crippen molar-refractivity contribution >= 4 is 23.7 Å². The van der Waals surface area contributed by atoms with Gasteiger partial charge in [0.2, 0.25) is 5.91 Å². The summed E-state index contributed by atoms with van der Waals surface area (Å²) in [6, 6.07) is 5.46. The van der Waals surface area contributed by atoms with Gasteiger partial charge in [0.15, 0.2) is 5.16 Å². The van der Waals surface area contributed by atoms with E-state index < -0.39 is 0 Å². The highest BCUT2D eigenvalue weighted by molar-refractivity contribution is 7.98. The Labute approximate surface area is 176 Å². The largest absolute Gasteiger partial charge is 0.497 e. The van der Waals surface area contributed by atoms with Crippen LogP contribution in [-0.4, -0.2) is 47.7 Å². The number of benzene rings is 1. The van der Waals surface area contributed by atoms with Crippen LogP contribution in [-0.2, 0) is 17.8 Å². The summed E-state index contributed by atoms with van der Waals surface area (Å²) < 4.78 is 12.7. The maximum absolute atomic E-state index is 12.1. The van der Waals surface area contributed by atoms with Gasteiger partial charge in [0, 0.05) is 31.1 Å². The van der Waals surface area contributed by atoms with Crippen molar-refractivity contribution in [3.8, 4) is 11.5 Å². The number of rotatable bonds is 11. The Kier molecular flexibility index (Phi) is 9.05. The maximum Gasteiger partial charge on any atom is 0.244 e. The van der Waals surface area contributed by atoms with E-state index in [0.29, 0.717) is 24.0 Å². The molecule has 0 aliphatic carbocycles. The molecule has 2 aromatic rings. The standard InChI is InChI=1S/C21H30N4O3S/c1-15(2)14-25-19(23-24-21(25)29-5)7-6-12-22-20(26)11-8-16-13-17(27-3)9-10-18(16)28-4/h8-11,13,15H,6-7,12,14H2,1-5H3,(H,22,26). The molecule has 1 N–H and O–H groups in total. The first-order valence-electron chi connectivity index (χ1n) is 9.62. The molecule has 1 amide bonds. The summed E-state index contributed by atoms with van der Waals surface area (Å²) in [5.74, 6) is 2.73. The van der Waals surface area contributed by atoms with Gasteiger partial charge in [-0.2, -0.15) is 0 Å². The van der Waals surface area contributed by atoms with E-state index in [1.54, 1.807) is 32.1 Å². The minimum Gasteiger partial charge on any atom is -0.497 e. The number of carbonyl (C=O) groups is 1. The molecule has 1 aromatic heterocycles. The van der Waals surface area contributed by atoms with Crippen LogP contribution >= 0.6 is 11.8 Å². The van der Waals surface area contributed by atoms with Crippen LogP contribution in [0.1, 0.15) is 31.7 Å². The molecule has 1 aromatic carbocycles. The molecule has 0 unspecified atom stereocenters. The normalized spacial score (nSPS) is 11.2. The van der Waals surface area contributed by atoms with Crippen LogP contribution in [0.4, 0.5) is 0 Å². The summed E-state index contributed by atoms with van der Waals surface area (Å²) in [5.41, 5.74) is 0.786. The van der Waals surface area contributed by atoms with E-state index in [1.807, 2.05) is 24.5 Å². The zero-order valence-electron chi connectivity index (χ0n) is 17.8. The van der Waals surface area contributed by atoms with E-state index in [-0.39, 0.29) is 5.91 Å². The van der Waals surface area contributed by atoms with Gasteiger partial charge in [-0.25, -0.2) is 0 Å². The van der Waals surface area contributed by atoms with Crippen molar-refractivity contribution in [2.24, 2.45) is 5.92 Å². The minimum absolute atomic E-state index is 0.150. The molecule has 0 aliphatic heterocycles. The molecule has 0 radical (unpaired) electrons. The highest BCUT2D eigenvalue weighted by Crippen LogP contribution is 2.25. The van der Waals surface area contributed by atoms with Gasteiger partial charge in [0.1, 0.15) is 17.3 Å². The Balaban J connectivity index is 1.87. The average Bonchev–Trinajstić information content (AvgIpc) is 3.10. The summed E-state index contributed by atoms with van der Waals surface area (Å²) in [6.07, 6.45) is 6.81. The van der Waals surface area contributed by atoms with Crippen molar-refractivity contribution < 1.29 is 14.3 Å². The van der Waals surface area contributed by atoms with Gasteiger partial charge in [0.05, 0.1) is 14.2 Å². The number of methoxy groups -OCH3 is 2. The predicted molar refractivity (Wildman–Crippen MR) is 117 cm³/mol. The Morgan fingerprint density at radius 2 is 2.07 bits per heavy atom. The lowest BCUT2D eigenvalue weighted by molar-refractivity contribution is -0.116. The second-order valence-corrected chi connectivity index (χ2v) is 7.72. The lowest BCUT2D eigenvalue weighted by Crippen LogP contribution is -2.23. The number of thioether (sulfide) groups is 1.